The Bertz CT molecular complexity index is 308. The van der Waals surface area contributed by atoms with Gasteiger partial charge in [0, 0.05) is 24.7 Å². The summed E-state index contributed by atoms with van der Waals surface area (Å²) in [6.45, 7) is 15.1. The van der Waals surface area contributed by atoms with Crippen LogP contribution in [0.15, 0.2) is 0 Å². The molecule has 2 heteroatoms. The molecule has 23 heavy (non-hydrogen) atoms. The number of hydrogen-bond donors (Lipinski definition) is 0. The van der Waals surface area contributed by atoms with Crippen molar-refractivity contribution in [1.82, 2.24) is 9.80 Å². The van der Waals surface area contributed by atoms with E-state index in [-0.39, 0.29) is 0 Å². The molecule has 2 aliphatic carbocycles. The molecule has 3 fully saturated rings. The minimum Gasteiger partial charge on any atom is -0.303 e. The van der Waals surface area contributed by atoms with Gasteiger partial charge < -0.3 is 4.90 Å². The first-order chi connectivity index (χ1) is 11.1. The maximum Gasteiger partial charge on any atom is 0.0125 e. The predicted octanol–water partition coefficient (Wildman–Crippen LogP) is 5.18. The van der Waals surface area contributed by atoms with Gasteiger partial charge in [-0.3, -0.25) is 4.90 Å². The van der Waals surface area contributed by atoms with E-state index in [4.69, 9.17) is 0 Å². The van der Waals surface area contributed by atoms with Crippen LogP contribution in [0, 0.1) is 11.8 Å². The minimum atomic E-state index is 0.820. The number of nitrogens with zero attached hydrogens (tertiary/aromatic N) is 2. The standard InChI is InChI=1S/C19H36N2.C2H6/c1-15(2)14-20-12-10-19(11-13-20)21(18-8-9-18)17-6-4-16(3)5-7-17;1-2/h15-19H,4-14H2,1-3H3;1-2H3. The van der Waals surface area contributed by atoms with Crippen LogP contribution in [0.3, 0.4) is 0 Å². The van der Waals surface area contributed by atoms with Gasteiger partial charge in [0.2, 0.25) is 0 Å². The summed E-state index contributed by atoms with van der Waals surface area (Å²) in [7, 11) is 0. The van der Waals surface area contributed by atoms with Crippen LogP contribution >= 0.6 is 0 Å². The van der Waals surface area contributed by atoms with Gasteiger partial charge >= 0.3 is 0 Å². The molecule has 2 nitrogen and oxygen atoms in total. The molecule has 0 atom stereocenters. The van der Waals surface area contributed by atoms with Crippen molar-refractivity contribution in [2.45, 2.75) is 104 Å². The molecule has 0 unspecified atom stereocenters. The molecule has 0 radical (unpaired) electrons. The second-order valence-corrected chi connectivity index (χ2v) is 8.52. The molecule has 0 aromatic rings. The van der Waals surface area contributed by atoms with E-state index in [0.29, 0.717) is 0 Å². The Balaban J connectivity index is 0.000000924. The molecule has 0 aromatic carbocycles. The van der Waals surface area contributed by atoms with Crippen molar-refractivity contribution in [3.05, 3.63) is 0 Å². The van der Waals surface area contributed by atoms with Crippen molar-refractivity contribution in [2.75, 3.05) is 19.6 Å². The SMILES string of the molecule is CC.CC(C)CN1CCC(N(C2CCC(C)CC2)C2CC2)CC1. The molecule has 0 N–H and O–H groups in total. The maximum absolute atomic E-state index is 3.01. The monoisotopic (exact) mass is 322 g/mol. The Kier molecular flexibility index (Phi) is 7.88. The molecular formula is C21H42N2. The highest BCUT2D eigenvalue weighted by atomic mass is 15.3. The predicted molar refractivity (Wildman–Crippen MR) is 102 cm³/mol. The van der Waals surface area contributed by atoms with E-state index in [1.807, 2.05) is 13.8 Å². The highest BCUT2D eigenvalue weighted by Gasteiger charge is 2.40. The Hall–Kier alpha value is -0.0800. The molecule has 136 valence electrons. The minimum absolute atomic E-state index is 0.820. The summed E-state index contributed by atoms with van der Waals surface area (Å²) in [4.78, 5) is 5.72. The Morgan fingerprint density at radius 1 is 0.783 bits per heavy atom. The number of hydrogen-bond acceptors (Lipinski definition) is 2. The number of likely N-dealkylation sites (tertiary alicyclic amines) is 1. The summed E-state index contributed by atoms with van der Waals surface area (Å²) in [6, 6.07) is 2.79. The zero-order valence-electron chi connectivity index (χ0n) is 16.6. The lowest BCUT2D eigenvalue weighted by atomic mass is 9.85. The fourth-order valence-corrected chi connectivity index (χ4v) is 4.72. The van der Waals surface area contributed by atoms with Gasteiger partial charge in [-0.2, -0.15) is 0 Å². The molecule has 0 bridgehead atoms. The topological polar surface area (TPSA) is 6.48 Å². The van der Waals surface area contributed by atoms with E-state index in [9.17, 15) is 0 Å². The van der Waals surface area contributed by atoms with Crippen molar-refractivity contribution in [3.63, 3.8) is 0 Å². The van der Waals surface area contributed by atoms with Crippen molar-refractivity contribution in [1.29, 1.82) is 0 Å². The van der Waals surface area contributed by atoms with Gasteiger partial charge in [0.05, 0.1) is 0 Å². The van der Waals surface area contributed by atoms with Gasteiger partial charge in [0.1, 0.15) is 0 Å². The first-order valence-electron chi connectivity index (χ1n) is 10.6. The van der Waals surface area contributed by atoms with Crippen LogP contribution < -0.4 is 0 Å². The average molecular weight is 323 g/mol. The molecule has 3 rings (SSSR count). The lowest BCUT2D eigenvalue weighted by Crippen LogP contribution is -2.51. The van der Waals surface area contributed by atoms with Crippen LogP contribution in [0.1, 0.15) is 86.0 Å². The van der Waals surface area contributed by atoms with Crippen LogP contribution in [0.2, 0.25) is 0 Å². The third kappa shape index (κ3) is 5.74. The molecule has 1 heterocycles. The quantitative estimate of drug-likeness (QED) is 0.688. The lowest BCUT2D eigenvalue weighted by Gasteiger charge is -2.45. The highest BCUT2D eigenvalue weighted by molar-refractivity contribution is 4.95. The summed E-state index contributed by atoms with van der Waals surface area (Å²) >= 11 is 0. The Morgan fingerprint density at radius 3 is 1.65 bits per heavy atom. The van der Waals surface area contributed by atoms with Crippen molar-refractivity contribution >= 4 is 0 Å². The first kappa shape index (κ1) is 19.2. The summed E-state index contributed by atoms with van der Waals surface area (Å²) in [5.41, 5.74) is 0. The molecule has 1 aliphatic heterocycles. The zero-order valence-corrected chi connectivity index (χ0v) is 16.6. The van der Waals surface area contributed by atoms with E-state index < -0.39 is 0 Å². The van der Waals surface area contributed by atoms with E-state index in [1.165, 1.54) is 71.0 Å². The zero-order chi connectivity index (χ0) is 16.8. The van der Waals surface area contributed by atoms with Crippen LogP contribution in [0.4, 0.5) is 0 Å². The number of rotatable bonds is 5. The van der Waals surface area contributed by atoms with E-state index in [0.717, 1.165) is 30.0 Å². The molecule has 2 saturated carbocycles. The third-order valence-electron chi connectivity index (χ3n) is 5.98. The normalized spacial score (nSPS) is 30.4. The maximum atomic E-state index is 3.01. The summed E-state index contributed by atoms with van der Waals surface area (Å²) in [5, 5.41) is 0. The first-order valence-corrected chi connectivity index (χ1v) is 10.6. The van der Waals surface area contributed by atoms with Crippen molar-refractivity contribution in [2.24, 2.45) is 11.8 Å². The second-order valence-electron chi connectivity index (χ2n) is 8.52. The summed E-state index contributed by atoms with van der Waals surface area (Å²) in [5.74, 6) is 1.80. The van der Waals surface area contributed by atoms with Gasteiger partial charge in [0.25, 0.3) is 0 Å². The largest absolute Gasteiger partial charge is 0.303 e. The van der Waals surface area contributed by atoms with E-state index >= 15 is 0 Å². The Morgan fingerprint density at radius 2 is 1.22 bits per heavy atom. The van der Waals surface area contributed by atoms with Crippen LogP contribution in [-0.2, 0) is 0 Å². The lowest BCUT2D eigenvalue weighted by molar-refractivity contribution is 0.0421. The molecular weight excluding hydrogens is 280 g/mol. The molecule has 0 aromatic heterocycles. The Labute approximate surface area is 146 Å². The van der Waals surface area contributed by atoms with Crippen LogP contribution in [-0.4, -0.2) is 47.6 Å². The molecule has 0 amide bonds. The van der Waals surface area contributed by atoms with E-state index in [1.54, 1.807) is 0 Å². The molecule has 1 saturated heterocycles. The molecule has 0 spiro atoms. The van der Waals surface area contributed by atoms with Gasteiger partial charge in [-0.05, 0) is 76.3 Å². The summed E-state index contributed by atoms with van der Waals surface area (Å²) in [6.07, 6.45) is 11.7. The number of piperidine rings is 1. The van der Waals surface area contributed by atoms with Gasteiger partial charge in [0.15, 0.2) is 0 Å². The smallest absolute Gasteiger partial charge is 0.0125 e. The van der Waals surface area contributed by atoms with Gasteiger partial charge in [-0.25, -0.2) is 0 Å². The van der Waals surface area contributed by atoms with Crippen molar-refractivity contribution < 1.29 is 0 Å². The highest BCUT2D eigenvalue weighted by Crippen LogP contribution is 2.38. The van der Waals surface area contributed by atoms with Crippen molar-refractivity contribution in [3.8, 4) is 0 Å². The average Bonchev–Trinajstić information content (AvgIpc) is 3.37. The third-order valence-corrected chi connectivity index (χ3v) is 5.98. The summed E-state index contributed by atoms with van der Waals surface area (Å²) < 4.78 is 0. The second kappa shape index (κ2) is 9.42. The fraction of sp³-hybridized carbons (Fsp3) is 1.00. The molecule has 3 aliphatic rings. The van der Waals surface area contributed by atoms with E-state index in [2.05, 4.69) is 30.6 Å². The van der Waals surface area contributed by atoms with Crippen LogP contribution in [0.25, 0.3) is 0 Å². The van der Waals surface area contributed by atoms with Crippen LogP contribution in [0.5, 0.6) is 0 Å². The van der Waals surface area contributed by atoms with Gasteiger partial charge in [-0.1, -0.05) is 34.6 Å². The van der Waals surface area contributed by atoms with Gasteiger partial charge in [-0.15, -0.1) is 0 Å². The fourth-order valence-electron chi connectivity index (χ4n) is 4.72.